The Balaban J connectivity index is 0.000000924. The molecule has 2 aliphatic rings. The SMILES string of the molecule is CC.CC(=O)NCC1c2c(ccc3c2C=CCO3)N(C=O)C1C. The van der Waals surface area contributed by atoms with E-state index < -0.39 is 0 Å². The number of benzene rings is 1. The first-order valence-electron chi connectivity index (χ1n) is 8.07. The average Bonchev–Trinajstić information content (AvgIpc) is 2.86. The Morgan fingerprint density at radius 2 is 2.17 bits per heavy atom. The van der Waals surface area contributed by atoms with Gasteiger partial charge in [0.1, 0.15) is 12.4 Å². The Hall–Kier alpha value is -2.30. The molecule has 0 aromatic heterocycles. The van der Waals surface area contributed by atoms with Crippen molar-refractivity contribution in [2.75, 3.05) is 18.1 Å². The highest BCUT2D eigenvalue weighted by molar-refractivity contribution is 5.86. The number of anilines is 1. The summed E-state index contributed by atoms with van der Waals surface area (Å²) in [5.41, 5.74) is 3.00. The van der Waals surface area contributed by atoms with Crippen LogP contribution in [0, 0.1) is 0 Å². The van der Waals surface area contributed by atoms with E-state index in [1.807, 2.05) is 45.1 Å². The summed E-state index contributed by atoms with van der Waals surface area (Å²) in [6.45, 7) is 8.58. The maximum absolute atomic E-state index is 11.4. The van der Waals surface area contributed by atoms with Crippen LogP contribution in [0.2, 0.25) is 0 Å². The van der Waals surface area contributed by atoms with Crippen molar-refractivity contribution in [1.29, 1.82) is 0 Å². The van der Waals surface area contributed by atoms with Crippen LogP contribution in [0.3, 0.4) is 0 Å². The second-order valence-electron chi connectivity index (χ2n) is 5.42. The topological polar surface area (TPSA) is 58.6 Å². The molecule has 1 aromatic carbocycles. The zero-order valence-electron chi connectivity index (χ0n) is 14.1. The van der Waals surface area contributed by atoms with Gasteiger partial charge in [0, 0.05) is 36.7 Å². The summed E-state index contributed by atoms with van der Waals surface area (Å²) in [6.07, 6.45) is 4.86. The first kappa shape index (κ1) is 17.1. The van der Waals surface area contributed by atoms with Gasteiger partial charge in [-0.1, -0.05) is 19.9 Å². The van der Waals surface area contributed by atoms with Gasteiger partial charge in [-0.2, -0.15) is 0 Å². The van der Waals surface area contributed by atoms with Crippen molar-refractivity contribution in [3.8, 4) is 5.75 Å². The highest BCUT2D eigenvalue weighted by atomic mass is 16.5. The Kier molecular flexibility index (Phi) is 5.42. The van der Waals surface area contributed by atoms with Gasteiger partial charge in [-0.3, -0.25) is 9.59 Å². The molecule has 2 heterocycles. The molecule has 2 unspecified atom stereocenters. The van der Waals surface area contributed by atoms with Crippen molar-refractivity contribution in [3.63, 3.8) is 0 Å². The summed E-state index contributed by atoms with van der Waals surface area (Å²) >= 11 is 0. The van der Waals surface area contributed by atoms with Crippen LogP contribution in [0.1, 0.15) is 44.7 Å². The number of ether oxygens (including phenoxy) is 1. The average molecular weight is 316 g/mol. The zero-order valence-corrected chi connectivity index (χ0v) is 14.1. The fourth-order valence-electron chi connectivity index (χ4n) is 3.15. The summed E-state index contributed by atoms with van der Waals surface area (Å²) in [7, 11) is 0. The van der Waals surface area contributed by atoms with Gasteiger partial charge in [0.15, 0.2) is 0 Å². The lowest BCUT2D eigenvalue weighted by molar-refractivity contribution is -0.119. The maximum atomic E-state index is 11.4. The number of hydrogen-bond donors (Lipinski definition) is 1. The predicted molar refractivity (Wildman–Crippen MR) is 91.7 cm³/mol. The van der Waals surface area contributed by atoms with E-state index in [0.717, 1.165) is 29.0 Å². The number of nitrogens with zero attached hydrogens (tertiary/aromatic N) is 1. The molecule has 2 aliphatic heterocycles. The van der Waals surface area contributed by atoms with E-state index in [1.165, 1.54) is 6.92 Å². The number of rotatable bonds is 3. The number of amides is 2. The van der Waals surface area contributed by atoms with Crippen LogP contribution < -0.4 is 15.0 Å². The van der Waals surface area contributed by atoms with Crippen LogP contribution in [-0.2, 0) is 9.59 Å². The van der Waals surface area contributed by atoms with Crippen molar-refractivity contribution in [2.45, 2.75) is 39.7 Å². The van der Waals surface area contributed by atoms with E-state index in [2.05, 4.69) is 5.32 Å². The van der Waals surface area contributed by atoms with Gasteiger partial charge >= 0.3 is 0 Å². The predicted octanol–water partition coefficient (Wildman–Crippen LogP) is 2.70. The molecule has 0 fully saturated rings. The first-order chi connectivity index (χ1) is 11.1. The molecule has 0 spiro atoms. The summed E-state index contributed by atoms with van der Waals surface area (Å²) in [5.74, 6) is 0.837. The van der Waals surface area contributed by atoms with Crippen molar-refractivity contribution in [1.82, 2.24) is 5.32 Å². The largest absolute Gasteiger partial charge is 0.489 e. The third-order valence-electron chi connectivity index (χ3n) is 4.20. The highest BCUT2D eigenvalue weighted by Gasteiger charge is 2.38. The normalized spacial score (nSPS) is 20.6. The van der Waals surface area contributed by atoms with E-state index in [9.17, 15) is 9.59 Å². The van der Waals surface area contributed by atoms with Gasteiger partial charge in [0.2, 0.25) is 12.3 Å². The van der Waals surface area contributed by atoms with Gasteiger partial charge in [0.25, 0.3) is 0 Å². The van der Waals surface area contributed by atoms with E-state index in [4.69, 9.17) is 4.74 Å². The number of carbonyl (C=O) groups is 2. The van der Waals surface area contributed by atoms with Crippen LogP contribution >= 0.6 is 0 Å². The fourth-order valence-corrected chi connectivity index (χ4v) is 3.15. The van der Waals surface area contributed by atoms with E-state index in [0.29, 0.717) is 13.2 Å². The van der Waals surface area contributed by atoms with Crippen LogP contribution in [-0.4, -0.2) is 31.5 Å². The summed E-state index contributed by atoms with van der Waals surface area (Å²) < 4.78 is 5.65. The van der Waals surface area contributed by atoms with Gasteiger partial charge in [-0.15, -0.1) is 0 Å². The van der Waals surface area contributed by atoms with Crippen LogP contribution in [0.5, 0.6) is 5.75 Å². The molecule has 0 saturated carbocycles. The lowest BCUT2D eigenvalue weighted by Crippen LogP contribution is -2.35. The lowest BCUT2D eigenvalue weighted by Gasteiger charge is -2.22. The van der Waals surface area contributed by atoms with Gasteiger partial charge in [-0.25, -0.2) is 0 Å². The summed E-state index contributed by atoms with van der Waals surface area (Å²) in [6, 6.07) is 3.83. The van der Waals surface area contributed by atoms with E-state index >= 15 is 0 Å². The van der Waals surface area contributed by atoms with Gasteiger partial charge in [-0.05, 0) is 30.7 Å². The Morgan fingerprint density at radius 1 is 1.43 bits per heavy atom. The molecule has 3 rings (SSSR count). The van der Waals surface area contributed by atoms with Crippen molar-refractivity contribution in [3.05, 3.63) is 29.3 Å². The molecule has 5 nitrogen and oxygen atoms in total. The number of hydrogen-bond acceptors (Lipinski definition) is 3. The summed E-state index contributed by atoms with van der Waals surface area (Å²) in [5, 5.41) is 2.86. The standard InChI is InChI=1S/C16H18N2O3.C2H6/c1-10-13(8-17-11(2)20)16-12-4-3-7-21-15(12)6-5-14(16)18(10)9-19;1-2/h3-6,9-10,13H,7-8H2,1-2H3,(H,17,20);1-2H3. The molecular weight excluding hydrogens is 292 g/mol. The minimum absolute atomic E-state index is 0.00572. The second kappa shape index (κ2) is 7.31. The van der Waals surface area contributed by atoms with Gasteiger partial charge in [0.05, 0.1) is 0 Å². The molecule has 1 aromatic rings. The zero-order chi connectivity index (χ0) is 17.0. The molecule has 2 atom stereocenters. The fraction of sp³-hybridized carbons (Fsp3) is 0.444. The van der Waals surface area contributed by atoms with Crippen LogP contribution in [0.15, 0.2) is 18.2 Å². The van der Waals surface area contributed by atoms with Crippen molar-refractivity contribution >= 4 is 24.1 Å². The van der Waals surface area contributed by atoms with E-state index in [-0.39, 0.29) is 17.9 Å². The maximum Gasteiger partial charge on any atom is 0.216 e. The molecule has 0 aliphatic carbocycles. The number of fused-ring (bicyclic) bond motifs is 3. The molecule has 1 N–H and O–H groups in total. The molecule has 0 saturated heterocycles. The summed E-state index contributed by atoms with van der Waals surface area (Å²) in [4.78, 5) is 24.4. The lowest BCUT2D eigenvalue weighted by atomic mass is 9.90. The van der Waals surface area contributed by atoms with Gasteiger partial charge < -0.3 is 15.0 Å². The minimum Gasteiger partial charge on any atom is -0.489 e. The first-order valence-corrected chi connectivity index (χ1v) is 8.07. The Bertz CT molecular complexity index is 625. The molecule has 0 bridgehead atoms. The highest BCUT2D eigenvalue weighted by Crippen LogP contribution is 2.46. The monoisotopic (exact) mass is 316 g/mol. The van der Waals surface area contributed by atoms with E-state index in [1.54, 1.807) is 4.90 Å². The number of nitrogens with one attached hydrogen (secondary N) is 1. The molecule has 5 heteroatoms. The molecule has 2 amide bonds. The Morgan fingerprint density at radius 3 is 2.83 bits per heavy atom. The molecule has 0 radical (unpaired) electrons. The quantitative estimate of drug-likeness (QED) is 0.872. The third-order valence-corrected chi connectivity index (χ3v) is 4.20. The van der Waals surface area contributed by atoms with Crippen molar-refractivity contribution in [2.24, 2.45) is 0 Å². The number of carbonyl (C=O) groups excluding carboxylic acids is 2. The van der Waals surface area contributed by atoms with Crippen LogP contribution in [0.4, 0.5) is 5.69 Å². The third kappa shape index (κ3) is 3.09. The smallest absolute Gasteiger partial charge is 0.216 e. The Labute approximate surface area is 137 Å². The molecule has 23 heavy (non-hydrogen) atoms. The molecular formula is C18H24N2O3. The second-order valence-corrected chi connectivity index (χ2v) is 5.42. The minimum atomic E-state index is -0.0649. The molecule has 124 valence electrons. The van der Waals surface area contributed by atoms with Crippen molar-refractivity contribution < 1.29 is 14.3 Å². The van der Waals surface area contributed by atoms with Crippen LogP contribution in [0.25, 0.3) is 6.08 Å².